The highest BCUT2D eigenvalue weighted by Gasteiger charge is 2.33. The number of rotatable bonds is 8. The fourth-order valence-corrected chi connectivity index (χ4v) is 7.19. The van der Waals surface area contributed by atoms with Gasteiger partial charge in [-0.15, -0.1) is 16.8 Å². The maximum absolute atomic E-state index is 12.7. The number of aromatic nitrogens is 3. The fourth-order valence-electron chi connectivity index (χ4n) is 4.60. The van der Waals surface area contributed by atoms with Crippen LogP contribution in [0.5, 0.6) is 0 Å². The molecule has 2 aliphatic rings. The first kappa shape index (κ1) is 22.3. The molecule has 0 N–H and O–H groups in total. The van der Waals surface area contributed by atoms with Gasteiger partial charge in [0.25, 0.3) is 0 Å². The highest BCUT2D eigenvalue weighted by atomic mass is 32.2. The molecule has 1 unspecified atom stereocenters. The number of sulfone groups is 1. The third-order valence-corrected chi connectivity index (χ3v) is 9.03. The molecule has 1 saturated carbocycles. The minimum Gasteiger partial charge on any atom is -0.302 e. The van der Waals surface area contributed by atoms with Crippen molar-refractivity contribution in [3.8, 4) is 0 Å². The molecule has 166 valence electrons. The lowest BCUT2D eigenvalue weighted by molar-refractivity contribution is 0.102. The quantitative estimate of drug-likeness (QED) is 0.331. The van der Waals surface area contributed by atoms with Crippen molar-refractivity contribution in [1.29, 1.82) is 0 Å². The molecule has 1 aliphatic heterocycles. The topological polar surface area (TPSA) is 81.9 Å². The summed E-state index contributed by atoms with van der Waals surface area (Å²) in [7, 11) is -3.01. The van der Waals surface area contributed by atoms with Crippen LogP contribution >= 0.6 is 11.8 Å². The number of thioether (sulfide) groups is 1. The van der Waals surface area contributed by atoms with Gasteiger partial charge in [-0.25, -0.2) is 8.42 Å². The number of Topliss-reactive ketones (excluding diaryl/α,β-unsaturated/α-hetero) is 1. The Hall–Kier alpha value is -1.93. The van der Waals surface area contributed by atoms with Crippen molar-refractivity contribution < 1.29 is 13.2 Å². The van der Waals surface area contributed by atoms with Gasteiger partial charge in [0.05, 0.1) is 17.3 Å². The molecule has 31 heavy (non-hydrogen) atoms. The Balaban J connectivity index is 1.41. The Labute approximate surface area is 188 Å². The van der Waals surface area contributed by atoms with Crippen LogP contribution in [0, 0.1) is 0 Å². The fraction of sp³-hybridized carbons (Fsp3) is 0.522. The van der Waals surface area contributed by atoms with Crippen LogP contribution in [0.15, 0.2) is 42.1 Å². The average Bonchev–Trinajstić information content (AvgIpc) is 3.35. The molecule has 2 aromatic rings. The van der Waals surface area contributed by atoms with Gasteiger partial charge in [-0.3, -0.25) is 4.79 Å². The highest BCUT2D eigenvalue weighted by molar-refractivity contribution is 7.99. The second-order valence-corrected chi connectivity index (χ2v) is 11.7. The molecule has 1 saturated heterocycles. The number of ketones is 1. The van der Waals surface area contributed by atoms with Gasteiger partial charge in [0.1, 0.15) is 5.82 Å². The molecule has 8 heteroatoms. The Morgan fingerprint density at radius 3 is 2.48 bits per heavy atom. The Bertz CT molecular complexity index is 1040. The van der Waals surface area contributed by atoms with Crippen molar-refractivity contribution >= 4 is 27.4 Å². The van der Waals surface area contributed by atoms with E-state index >= 15 is 0 Å². The number of carbonyl (C=O) groups excluding carboxylic acids is 1. The zero-order valence-electron chi connectivity index (χ0n) is 17.7. The lowest BCUT2D eigenvalue weighted by atomic mass is 9.84. The van der Waals surface area contributed by atoms with E-state index in [4.69, 9.17) is 0 Å². The largest absolute Gasteiger partial charge is 0.302 e. The number of benzene rings is 1. The van der Waals surface area contributed by atoms with Crippen LogP contribution in [0.1, 0.15) is 72.1 Å². The van der Waals surface area contributed by atoms with Crippen LogP contribution < -0.4 is 0 Å². The summed E-state index contributed by atoms with van der Waals surface area (Å²) in [4.78, 5) is 12.7. The minimum absolute atomic E-state index is 0.0540. The molecule has 2 heterocycles. The summed E-state index contributed by atoms with van der Waals surface area (Å²) in [5.41, 5.74) is 2.05. The number of hydrogen-bond donors (Lipinski definition) is 0. The first-order valence-corrected chi connectivity index (χ1v) is 13.8. The number of hydrogen-bond acceptors (Lipinski definition) is 6. The molecule has 4 rings (SSSR count). The third-order valence-electron chi connectivity index (χ3n) is 6.30. The smallest absolute Gasteiger partial charge is 0.191 e. The monoisotopic (exact) mass is 459 g/mol. The zero-order chi connectivity index (χ0) is 21.8. The molecular formula is C23H29N3O3S2. The van der Waals surface area contributed by atoms with E-state index in [-0.39, 0.29) is 29.0 Å². The normalized spacial score (nSPS) is 21.2. The van der Waals surface area contributed by atoms with E-state index in [0.717, 1.165) is 0 Å². The molecule has 0 amide bonds. The molecule has 0 spiro atoms. The first-order valence-electron chi connectivity index (χ1n) is 11.0. The van der Waals surface area contributed by atoms with Crippen molar-refractivity contribution in [3.63, 3.8) is 0 Å². The van der Waals surface area contributed by atoms with Crippen LogP contribution in [0.3, 0.4) is 0 Å². The number of allylic oxidation sites excluding steroid dienone is 1. The number of carbonyl (C=O) groups is 1. The highest BCUT2D eigenvalue weighted by Crippen LogP contribution is 2.33. The van der Waals surface area contributed by atoms with Gasteiger partial charge in [-0.1, -0.05) is 61.4 Å². The third kappa shape index (κ3) is 5.29. The van der Waals surface area contributed by atoms with E-state index in [9.17, 15) is 13.2 Å². The molecule has 1 aromatic heterocycles. The minimum atomic E-state index is -3.01. The van der Waals surface area contributed by atoms with Gasteiger partial charge < -0.3 is 4.57 Å². The predicted molar refractivity (Wildman–Crippen MR) is 124 cm³/mol. The Morgan fingerprint density at radius 1 is 1.10 bits per heavy atom. The van der Waals surface area contributed by atoms with Gasteiger partial charge in [-0.05, 0) is 30.7 Å². The van der Waals surface area contributed by atoms with Gasteiger partial charge in [-0.2, -0.15) is 0 Å². The van der Waals surface area contributed by atoms with Crippen LogP contribution in [-0.2, 0) is 16.4 Å². The summed E-state index contributed by atoms with van der Waals surface area (Å²) >= 11 is 1.34. The molecule has 1 aliphatic carbocycles. The second kappa shape index (κ2) is 9.69. The summed E-state index contributed by atoms with van der Waals surface area (Å²) in [6.07, 6.45) is 8.71. The lowest BCUT2D eigenvalue weighted by Crippen LogP contribution is -2.12. The van der Waals surface area contributed by atoms with Gasteiger partial charge in [0.15, 0.2) is 20.8 Å². The molecule has 6 nitrogen and oxygen atoms in total. The van der Waals surface area contributed by atoms with Crippen molar-refractivity contribution in [3.05, 3.63) is 53.9 Å². The van der Waals surface area contributed by atoms with E-state index in [0.29, 0.717) is 35.4 Å². The zero-order valence-corrected chi connectivity index (χ0v) is 19.3. The van der Waals surface area contributed by atoms with Crippen LogP contribution in [0.2, 0.25) is 0 Å². The van der Waals surface area contributed by atoms with Crippen LogP contribution in [-0.4, -0.2) is 46.2 Å². The van der Waals surface area contributed by atoms with Crippen molar-refractivity contribution in [1.82, 2.24) is 14.8 Å². The van der Waals surface area contributed by atoms with Crippen molar-refractivity contribution in [2.75, 3.05) is 17.3 Å². The second-order valence-electron chi connectivity index (χ2n) is 8.51. The Morgan fingerprint density at radius 2 is 1.84 bits per heavy atom. The molecule has 2 fully saturated rings. The maximum Gasteiger partial charge on any atom is 0.191 e. The molecule has 1 aromatic carbocycles. The summed E-state index contributed by atoms with van der Waals surface area (Å²) in [6, 6.07) is 8.09. The SMILES string of the molecule is C=CCn1c(SCC(=O)c2ccc(C3CCCCC3)cc2)nnc1C1CCS(=O)(=O)C1. The molecule has 1 atom stereocenters. The van der Waals surface area contributed by atoms with Crippen LogP contribution in [0.25, 0.3) is 0 Å². The predicted octanol–water partition coefficient (Wildman–Crippen LogP) is 4.39. The van der Waals surface area contributed by atoms with Gasteiger partial charge >= 0.3 is 0 Å². The molecular weight excluding hydrogens is 430 g/mol. The van der Waals surface area contributed by atoms with Gasteiger partial charge in [0.2, 0.25) is 0 Å². The molecule has 0 bridgehead atoms. The number of nitrogens with zero attached hydrogens (tertiary/aromatic N) is 3. The summed E-state index contributed by atoms with van der Waals surface area (Å²) in [6.45, 7) is 4.28. The van der Waals surface area contributed by atoms with E-state index < -0.39 is 9.84 Å². The van der Waals surface area contributed by atoms with Gasteiger partial charge in [0, 0.05) is 18.0 Å². The Kier molecular flexibility index (Phi) is 6.96. The summed E-state index contributed by atoms with van der Waals surface area (Å²) in [5.74, 6) is 1.78. The van der Waals surface area contributed by atoms with E-state index in [1.54, 1.807) is 6.08 Å². The standard InChI is InChI=1S/C23H29N3O3S2/c1-2-13-26-22(20-12-14-31(28,29)16-20)24-25-23(26)30-15-21(27)19-10-8-18(9-11-19)17-6-4-3-5-7-17/h2,8-11,17,20H,1,3-7,12-16H2. The van der Waals surface area contributed by atoms with E-state index in [2.05, 4.69) is 28.9 Å². The lowest BCUT2D eigenvalue weighted by Gasteiger charge is -2.22. The van der Waals surface area contributed by atoms with E-state index in [1.165, 1.54) is 49.4 Å². The first-order chi connectivity index (χ1) is 15.0. The summed E-state index contributed by atoms with van der Waals surface area (Å²) < 4.78 is 25.6. The van der Waals surface area contributed by atoms with Crippen molar-refractivity contribution in [2.45, 2.75) is 62.1 Å². The van der Waals surface area contributed by atoms with E-state index in [1.807, 2.05) is 16.7 Å². The molecule has 0 radical (unpaired) electrons. The summed E-state index contributed by atoms with van der Waals surface area (Å²) in [5, 5.41) is 9.14. The average molecular weight is 460 g/mol. The van der Waals surface area contributed by atoms with Crippen molar-refractivity contribution in [2.24, 2.45) is 0 Å². The maximum atomic E-state index is 12.7. The van der Waals surface area contributed by atoms with Crippen LogP contribution in [0.4, 0.5) is 0 Å².